The number of piperidine rings is 2. The van der Waals surface area contributed by atoms with E-state index in [1.807, 2.05) is 0 Å². The number of ether oxygens (including phenoxy) is 2. The highest BCUT2D eigenvalue weighted by atomic mass is 127. The van der Waals surface area contributed by atoms with Gasteiger partial charge in [0.25, 0.3) is 0 Å². The number of hydrogen-bond donors (Lipinski definition) is 0. The molecule has 4 saturated heterocycles. The number of halogens is 2. The Balaban J connectivity index is 0.000000220. The third-order valence-electron chi connectivity index (χ3n) is 12.5. The molecular formula is C34H68I2N4O2+2. The summed E-state index contributed by atoms with van der Waals surface area (Å²) in [6.07, 6.45) is 14.9. The summed E-state index contributed by atoms with van der Waals surface area (Å²) in [6.45, 7) is 20.1. The second kappa shape index (κ2) is 16.9. The predicted molar refractivity (Wildman–Crippen MR) is 165 cm³/mol. The second-order valence-electron chi connectivity index (χ2n) is 16.7. The zero-order valence-corrected chi connectivity index (χ0v) is 32.4. The van der Waals surface area contributed by atoms with Gasteiger partial charge >= 0.3 is 0 Å². The lowest BCUT2D eigenvalue weighted by Gasteiger charge is -2.48. The molecule has 4 heterocycles. The third-order valence-corrected chi connectivity index (χ3v) is 12.5. The second-order valence-corrected chi connectivity index (χ2v) is 16.7. The molecule has 248 valence electrons. The summed E-state index contributed by atoms with van der Waals surface area (Å²) in [5.41, 5.74) is 0. The molecule has 0 radical (unpaired) electrons. The molecule has 0 amide bonds. The van der Waals surface area contributed by atoms with Crippen molar-refractivity contribution in [1.82, 2.24) is 0 Å². The summed E-state index contributed by atoms with van der Waals surface area (Å²) in [5.74, 6) is 4.17. The first kappa shape index (κ1) is 37.7. The first-order valence-corrected chi connectivity index (χ1v) is 17.6. The van der Waals surface area contributed by atoms with Crippen molar-refractivity contribution in [1.29, 1.82) is 0 Å². The van der Waals surface area contributed by atoms with Crippen molar-refractivity contribution in [2.75, 3.05) is 133 Å². The van der Waals surface area contributed by atoms with E-state index in [9.17, 15) is 0 Å². The standard InChI is InChI=1S/2C17H34N2O.2HI/c2*1-18(9-11-20-12-10-18)7-4-8-19(2)14-16-5-3-6-17(13-16)15-19;;/h2*16-17H,3-15H2,1-2H3;2*1H/q2*+2;;/p-2. The minimum atomic E-state index is 0. The summed E-state index contributed by atoms with van der Waals surface area (Å²) in [4.78, 5) is 0. The fourth-order valence-electron chi connectivity index (χ4n) is 10.2. The van der Waals surface area contributed by atoms with Crippen LogP contribution in [0.1, 0.15) is 64.2 Å². The highest BCUT2D eigenvalue weighted by molar-refractivity contribution is 4.78. The number of likely N-dealkylation sites (N-methyl/N-ethyl adjacent to an activating group) is 2. The molecule has 6 aliphatic rings. The number of morpholine rings is 2. The lowest BCUT2D eigenvalue weighted by molar-refractivity contribution is -0.937. The normalized spacial score (nSPS) is 38.6. The van der Waals surface area contributed by atoms with Crippen LogP contribution in [-0.2, 0) is 9.47 Å². The van der Waals surface area contributed by atoms with Gasteiger partial charge in [0.1, 0.15) is 26.2 Å². The average molecular weight is 819 g/mol. The van der Waals surface area contributed by atoms with Crippen molar-refractivity contribution in [2.45, 2.75) is 64.2 Å². The Kier molecular flexibility index (Phi) is 15.1. The van der Waals surface area contributed by atoms with Crippen LogP contribution < -0.4 is 48.0 Å². The lowest BCUT2D eigenvalue weighted by Crippen LogP contribution is -3.00. The number of likely N-dealkylation sites (tertiary alicyclic amines) is 2. The van der Waals surface area contributed by atoms with Crippen molar-refractivity contribution in [3.63, 3.8) is 0 Å². The molecule has 0 aromatic heterocycles. The molecule has 6 fully saturated rings. The van der Waals surface area contributed by atoms with Crippen LogP contribution in [-0.4, -0.2) is 151 Å². The average Bonchev–Trinajstić information content (AvgIpc) is 2.89. The Hall–Kier alpha value is 1.22. The Labute approximate surface area is 294 Å². The summed E-state index contributed by atoms with van der Waals surface area (Å²) >= 11 is 0. The highest BCUT2D eigenvalue weighted by Gasteiger charge is 2.40. The van der Waals surface area contributed by atoms with Gasteiger partial charge in [0.2, 0.25) is 0 Å². The van der Waals surface area contributed by atoms with Gasteiger partial charge in [-0.15, -0.1) is 0 Å². The Morgan fingerprint density at radius 1 is 0.452 bits per heavy atom. The van der Waals surface area contributed by atoms with Crippen LogP contribution in [0, 0.1) is 23.7 Å². The van der Waals surface area contributed by atoms with Crippen molar-refractivity contribution >= 4 is 0 Å². The smallest absolute Gasteiger partial charge is 0.102 e. The van der Waals surface area contributed by atoms with Crippen LogP contribution in [0.15, 0.2) is 0 Å². The van der Waals surface area contributed by atoms with E-state index in [2.05, 4.69) is 28.2 Å². The fourth-order valence-corrected chi connectivity index (χ4v) is 10.2. The van der Waals surface area contributed by atoms with Gasteiger partial charge in [0.05, 0.1) is 107 Å². The largest absolute Gasteiger partial charge is 1.00 e. The van der Waals surface area contributed by atoms with Crippen LogP contribution in [0.3, 0.4) is 0 Å². The maximum Gasteiger partial charge on any atom is 0.102 e. The number of rotatable bonds is 8. The first-order valence-electron chi connectivity index (χ1n) is 17.6. The van der Waals surface area contributed by atoms with E-state index in [1.54, 1.807) is 12.8 Å². The van der Waals surface area contributed by atoms with E-state index < -0.39 is 0 Å². The molecule has 4 unspecified atom stereocenters. The summed E-state index contributed by atoms with van der Waals surface area (Å²) in [6, 6.07) is 0. The summed E-state index contributed by atoms with van der Waals surface area (Å²) < 4.78 is 16.2. The molecule has 6 rings (SSSR count). The Morgan fingerprint density at radius 3 is 1.05 bits per heavy atom. The molecule has 4 aliphatic heterocycles. The van der Waals surface area contributed by atoms with E-state index in [-0.39, 0.29) is 48.0 Å². The van der Waals surface area contributed by atoms with Gasteiger partial charge in [0, 0.05) is 36.5 Å². The first-order chi connectivity index (χ1) is 19.1. The molecule has 0 aromatic rings. The quantitative estimate of drug-likeness (QED) is 0.214. The molecule has 4 atom stereocenters. The van der Waals surface area contributed by atoms with Gasteiger partial charge in [-0.3, -0.25) is 0 Å². The summed E-state index contributed by atoms with van der Waals surface area (Å²) in [7, 11) is 9.91. The van der Waals surface area contributed by atoms with Crippen molar-refractivity contribution in [3.05, 3.63) is 0 Å². The van der Waals surface area contributed by atoms with Crippen LogP contribution in [0.5, 0.6) is 0 Å². The van der Waals surface area contributed by atoms with Crippen molar-refractivity contribution < 1.29 is 75.4 Å². The van der Waals surface area contributed by atoms with E-state index in [4.69, 9.17) is 9.47 Å². The third kappa shape index (κ3) is 11.2. The minimum absolute atomic E-state index is 0. The molecule has 42 heavy (non-hydrogen) atoms. The predicted octanol–water partition coefficient (Wildman–Crippen LogP) is -1.75. The number of quaternary nitrogens is 4. The van der Waals surface area contributed by atoms with Gasteiger partial charge in [-0.1, -0.05) is 12.8 Å². The zero-order valence-electron chi connectivity index (χ0n) is 28.1. The lowest BCUT2D eigenvalue weighted by atomic mass is 9.77. The van der Waals surface area contributed by atoms with Gasteiger partial charge in [0.15, 0.2) is 0 Å². The molecule has 8 heteroatoms. The maximum atomic E-state index is 5.51. The fraction of sp³-hybridized carbons (Fsp3) is 1.00. The van der Waals surface area contributed by atoms with Gasteiger partial charge in [-0.05, 0) is 38.5 Å². The van der Waals surface area contributed by atoms with Crippen molar-refractivity contribution in [2.24, 2.45) is 23.7 Å². The highest BCUT2D eigenvalue weighted by Crippen LogP contribution is 2.38. The van der Waals surface area contributed by atoms with E-state index in [0.717, 1.165) is 50.1 Å². The monoisotopic (exact) mass is 818 g/mol. The molecular weight excluding hydrogens is 750 g/mol. The molecule has 4 bridgehead atoms. The Morgan fingerprint density at radius 2 is 0.738 bits per heavy atom. The van der Waals surface area contributed by atoms with Gasteiger partial charge in [-0.2, -0.15) is 0 Å². The molecule has 2 aliphatic carbocycles. The van der Waals surface area contributed by atoms with Crippen LogP contribution >= 0.6 is 0 Å². The molecule has 0 N–H and O–H groups in total. The number of hydrogen-bond acceptors (Lipinski definition) is 2. The van der Waals surface area contributed by atoms with Crippen LogP contribution in [0.25, 0.3) is 0 Å². The summed E-state index contributed by atoms with van der Waals surface area (Å²) in [5, 5.41) is 0. The maximum absolute atomic E-state index is 5.51. The minimum Gasteiger partial charge on any atom is -1.00 e. The zero-order chi connectivity index (χ0) is 28.1. The van der Waals surface area contributed by atoms with Gasteiger partial charge < -0.3 is 75.4 Å². The molecule has 0 aromatic carbocycles. The SMILES string of the molecule is C[N+]1(CCC[N+]2(C)CC3CCCC(C3)C2)CCOCC1.C[N+]1(CCC[N+]2(C)CC3CCCC(C3)C2)CCOCC1.[I-].[I-]. The molecule has 2 saturated carbocycles. The van der Waals surface area contributed by atoms with Gasteiger partial charge in [-0.25, -0.2) is 0 Å². The topological polar surface area (TPSA) is 18.5 Å². The molecule has 0 spiro atoms. The van der Waals surface area contributed by atoms with Crippen LogP contribution in [0.4, 0.5) is 0 Å². The van der Waals surface area contributed by atoms with Crippen molar-refractivity contribution in [3.8, 4) is 0 Å². The molecule has 6 nitrogen and oxygen atoms in total. The van der Waals surface area contributed by atoms with Crippen LogP contribution in [0.2, 0.25) is 0 Å². The number of nitrogens with zero attached hydrogens (tertiary/aromatic N) is 4. The van der Waals surface area contributed by atoms with E-state index >= 15 is 0 Å². The van der Waals surface area contributed by atoms with E-state index in [0.29, 0.717) is 0 Å². The number of fused-ring (bicyclic) bond motifs is 4. The Bertz CT molecular complexity index is 702. The van der Waals surface area contributed by atoms with E-state index in [1.165, 1.54) is 148 Å².